The van der Waals surface area contributed by atoms with E-state index in [1.807, 2.05) is 0 Å². The Labute approximate surface area is 82.2 Å². The molecule has 0 fully saturated rings. The van der Waals surface area contributed by atoms with Crippen LogP contribution < -0.4 is 6.15 Å². The summed E-state index contributed by atoms with van der Waals surface area (Å²) < 4.78 is 55.9. The Morgan fingerprint density at radius 1 is 1.14 bits per heavy atom. The molecule has 0 aliphatic heterocycles. The zero-order valence-electron chi connectivity index (χ0n) is 8.39. The Morgan fingerprint density at radius 3 is 1.43 bits per heavy atom. The summed E-state index contributed by atoms with van der Waals surface area (Å²) in [6, 6.07) is 0. The van der Waals surface area contributed by atoms with Crippen LogP contribution in [-0.4, -0.2) is 21.0 Å². The molecule has 0 amide bonds. The molecule has 0 unspecified atom stereocenters. The van der Waals surface area contributed by atoms with Crippen molar-refractivity contribution in [3.8, 4) is 0 Å². The van der Waals surface area contributed by atoms with E-state index in [1.165, 1.54) is 12.8 Å². The predicted octanol–water partition coefficient (Wildman–Crippen LogP) is 2.45. The average molecular weight is 239 g/mol. The number of hydrogen-bond donors (Lipinski definition) is 1. The van der Waals surface area contributed by atoms with Gasteiger partial charge in [-0.05, 0) is 0 Å². The molecule has 0 aliphatic rings. The molecule has 0 heterocycles. The fraction of sp³-hybridized carbons (Fsp3) is 1.00. The van der Waals surface area contributed by atoms with Crippen LogP contribution in [0.4, 0.5) is 13.2 Å². The van der Waals surface area contributed by atoms with E-state index in [0.717, 1.165) is 0 Å². The lowest BCUT2D eigenvalue weighted by Crippen LogP contribution is -2.23. The third kappa shape index (κ3) is 8.27. The summed E-state index contributed by atoms with van der Waals surface area (Å²) in [7, 11) is -4.89. The fourth-order valence-electron chi connectivity index (χ4n) is 0.0945. The highest BCUT2D eigenvalue weighted by molar-refractivity contribution is 7.87. The first-order valence-corrected chi connectivity index (χ1v) is 5.00. The topological polar surface area (TPSA) is 78.4 Å². The van der Waals surface area contributed by atoms with Gasteiger partial charge < -0.3 is 6.15 Å². The normalized spacial score (nSPS) is 11.0. The van der Waals surface area contributed by atoms with Crippen molar-refractivity contribution in [1.29, 1.82) is 0 Å². The molecule has 0 aromatic heterocycles. The Morgan fingerprint density at radius 2 is 1.43 bits per heavy atom. The molecule has 0 aliphatic carbocycles. The van der Waals surface area contributed by atoms with Crippen molar-refractivity contribution in [3.63, 3.8) is 0 Å². The second kappa shape index (κ2) is 8.01. The summed E-state index contributed by atoms with van der Waals surface area (Å²) in [5.41, 5.74) is -5.30. The lowest BCUT2D eigenvalue weighted by molar-refractivity contribution is -0.0526. The van der Waals surface area contributed by atoms with E-state index in [2.05, 4.69) is 18.0 Å². The van der Waals surface area contributed by atoms with Gasteiger partial charge in [0.2, 0.25) is 0 Å². The van der Waals surface area contributed by atoms with Gasteiger partial charge in [0, 0.05) is 0 Å². The predicted molar refractivity (Wildman–Crippen MR) is 47.6 cm³/mol. The van der Waals surface area contributed by atoms with Crippen LogP contribution in [0.25, 0.3) is 0 Å². The fourth-order valence-corrected chi connectivity index (χ4v) is 0.283. The van der Waals surface area contributed by atoms with Crippen molar-refractivity contribution in [1.82, 2.24) is 6.15 Å². The standard InChI is InChI=1S/C4H10.C2H3F3O3S.H3N/c1-3-4-2;1-8-9(6,7)2(3,4)5;/h3-4H2,1-2H3;1H3;1H3. The molecule has 0 aromatic rings. The van der Waals surface area contributed by atoms with E-state index >= 15 is 0 Å². The number of hydrogen-bond acceptors (Lipinski definition) is 4. The minimum atomic E-state index is -5.34. The molecule has 0 aromatic carbocycles. The lowest BCUT2D eigenvalue weighted by Gasteiger charge is -2.02. The minimum Gasteiger partial charge on any atom is -0.344 e. The van der Waals surface area contributed by atoms with Gasteiger partial charge in [0.25, 0.3) is 0 Å². The molecule has 0 spiro atoms. The Bertz CT molecular complexity index is 211. The van der Waals surface area contributed by atoms with Crippen LogP contribution in [0, 0.1) is 0 Å². The molecule has 8 heteroatoms. The summed E-state index contributed by atoms with van der Waals surface area (Å²) >= 11 is 0. The molecule has 0 rings (SSSR count). The average Bonchev–Trinajstić information content (AvgIpc) is 2.03. The van der Waals surface area contributed by atoms with Crippen molar-refractivity contribution in [2.75, 3.05) is 7.11 Å². The molecule has 0 saturated carbocycles. The summed E-state index contributed by atoms with van der Waals surface area (Å²) in [6.45, 7) is 4.36. The van der Waals surface area contributed by atoms with Gasteiger partial charge in [0.1, 0.15) is 0 Å². The van der Waals surface area contributed by atoms with Gasteiger partial charge in [-0.25, -0.2) is 0 Å². The zero-order valence-corrected chi connectivity index (χ0v) is 9.20. The molecule has 0 saturated heterocycles. The summed E-state index contributed by atoms with van der Waals surface area (Å²) in [5.74, 6) is 0. The minimum absolute atomic E-state index is 0. The maximum absolute atomic E-state index is 11.1. The first-order valence-electron chi connectivity index (χ1n) is 3.59. The number of halogens is 3. The second-order valence-corrected chi connectivity index (χ2v) is 3.77. The van der Waals surface area contributed by atoms with E-state index in [9.17, 15) is 21.6 Å². The Hall–Kier alpha value is -0.340. The van der Waals surface area contributed by atoms with Gasteiger partial charge in [-0.1, -0.05) is 26.7 Å². The van der Waals surface area contributed by atoms with Crippen LogP contribution >= 0.6 is 0 Å². The van der Waals surface area contributed by atoms with E-state index in [1.54, 1.807) is 0 Å². The van der Waals surface area contributed by atoms with Gasteiger partial charge in [-0.2, -0.15) is 21.6 Å². The van der Waals surface area contributed by atoms with Crippen LogP contribution in [0.15, 0.2) is 0 Å². The van der Waals surface area contributed by atoms with E-state index < -0.39 is 15.6 Å². The smallest absolute Gasteiger partial charge is 0.344 e. The van der Waals surface area contributed by atoms with Gasteiger partial charge in [-0.15, -0.1) is 0 Å². The largest absolute Gasteiger partial charge is 0.523 e. The maximum atomic E-state index is 11.1. The highest BCUT2D eigenvalue weighted by atomic mass is 32.2. The monoisotopic (exact) mass is 239 g/mol. The van der Waals surface area contributed by atoms with Crippen molar-refractivity contribution >= 4 is 10.1 Å². The van der Waals surface area contributed by atoms with Crippen LogP contribution in [0.2, 0.25) is 0 Å². The highest BCUT2D eigenvalue weighted by Crippen LogP contribution is 2.23. The van der Waals surface area contributed by atoms with E-state index in [0.29, 0.717) is 7.11 Å². The highest BCUT2D eigenvalue weighted by Gasteiger charge is 2.46. The van der Waals surface area contributed by atoms with Crippen molar-refractivity contribution < 1.29 is 25.8 Å². The SMILES string of the molecule is CCCC.COS(=O)(=O)C(F)(F)F.N. The van der Waals surface area contributed by atoms with E-state index in [-0.39, 0.29) is 6.15 Å². The van der Waals surface area contributed by atoms with E-state index in [4.69, 9.17) is 0 Å². The van der Waals surface area contributed by atoms with Crippen LogP contribution in [0.3, 0.4) is 0 Å². The first kappa shape index (κ1) is 19.3. The molecular formula is C6H16F3NO3S. The Kier molecular flexibility index (Phi) is 11.0. The van der Waals surface area contributed by atoms with Crippen LogP contribution in [-0.2, 0) is 14.3 Å². The van der Waals surface area contributed by atoms with Gasteiger partial charge in [-0.3, -0.25) is 4.18 Å². The summed E-state index contributed by atoms with van der Waals surface area (Å²) in [6.07, 6.45) is 2.64. The third-order valence-corrected chi connectivity index (χ3v) is 2.01. The van der Waals surface area contributed by atoms with Gasteiger partial charge in [0.05, 0.1) is 7.11 Å². The van der Waals surface area contributed by atoms with Gasteiger partial charge in [0.15, 0.2) is 0 Å². The first-order chi connectivity index (χ1) is 5.72. The zero-order chi connectivity index (χ0) is 11.1. The molecule has 14 heavy (non-hydrogen) atoms. The lowest BCUT2D eigenvalue weighted by atomic mass is 10.4. The molecule has 4 nitrogen and oxygen atoms in total. The molecule has 0 radical (unpaired) electrons. The molecule has 0 bridgehead atoms. The number of unbranched alkanes of at least 4 members (excludes halogenated alkanes) is 1. The maximum Gasteiger partial charge on any atom is 0.523 e. The van der Waals surface area contributed by atoms with Gasteiger partial charge >= 0.3 is 15.6 Å². The van der Waals surface area contributed by atoms with Crippen molar-refractivity contribution in [2.45, 2.75) is 32.2 Å². The van der Waals surface area contributed by atoms with Crippen LogP contribution in [0.1, 0.15) is 26.7 Å². The Balaban J connectivity index is -0.000000209. The quantitative estimate of drug-likeness (QED) is 0.593. The summed E-state index contributed by atoms with van der Waals surface area (Å²) in [5, 5.41) is 0. The van der Waals surface area contributed by atoms with Crippen molar-refractivity contribution in [2.24, 2.45) is 0 Å². The second-order valence-electron chi connectivity index (χ2n) is 2.07. The van der Waals surface area contributed by atoms with Crippen molar-refractivity contribution in [3.05, 3.63) is 0 Å². The summed E-state index contributed by atoms with van der Waals surface area (Å²) in [4.78, 5) is 0. The number of alkyl halides is 3. The molecule has 3 N–H and O–H groups in total. The molecule has 0 atom stereocenters. The molecular weight excluding hydrogens is 223 g/mol. The van der Waals surface area contributed by atoms with Crippen LogP contribution in [0.5, 0.6) is 0 Å². The third-order valence-electron chi connectivity index (χ3n) is 1.00. The number of rotatable bonds is 2. The molecule has 90 valence electrons.